The topological polar surface area (TPSA) is 49.8 Å². The highest BCUT2D eigenvalue weighted by Crippen LogP contribution is 2.10. The van der Waals surface area contributed by atoms with Crippen LogP contribution in [0.2, 0.25) is 0 Å². The van der Waals surface area contributed by atoms with Crippen LogP contribution in [-0.2, 0) is 11.4 Å². The smallest absolute Gasteiger partial charge is 0.431 e. The molecular weight excluding hydrogens is 278 g/mol. The first-order chi connectivity index (χ1) is 10.7. The van der Waals surface area contributed by atoms with Crippen molar-refractivity contribution in [3.05, 3.63) is 35.9 Å². The maximum atomic E-state index is 11.2. The molecule has 0 spiro atoms. The van der Waals surface area contributed by atoms with E-state index in [2.05, 4.69) is 6.92 Å². The van der Waals surface area contributed by atoms with Gasteiger partial charge in [-0.1, -0.05) is 82.2 Å². The van der Waals surface area contributed by atoms with Crippen molar-refractivity contribution in [1.29, 1.82) is 0 Å². The van der Waals surface area contributed by atoms with Crippen molar-refractivity contribution >= 4 is 6.09 Å². The van der Waals surface area contributed by atoms with Gasteiger partial charge in [-0.25, -0.2) is 4.79 Å². The fourth-order valence-corrected chi connectivity index (χ4v) is 2.33. The van der Waals surface area contributed by atoms with Gasteiger partial charge in [-0.2, -0.15) is 5.06 Å². The van der Waals surface area contributed by atoms with E-state index in [9.17, 15) is 4.79 Å². The van der Waals surface area contributed by atoms with Gasteiger partial charge in [0.1, 0.15) is 0 Å². The lowest BCUT2D eigenvalue weighted by atomic mass is 10.1. The first kappa shape index (κ1) is 18.5. The number of carbonyl (C=O) groups is 1. The predicted molar refractivity (Wildman–Crippen MR) is 88.6 cm³/mol. The Labute approximate surface area is 134 Å². The third-order valence-corrected chi connectivity index (χ3v) is 3.63. The molecule has 0 bridgehead atoms. The van der Waals surface area contributed by atoms with Gasteiger partial charge in [0.2, 0.25) is 0 Å². The second-order valence-electron chi connectivity index (χ2n) is 5.61. The van der Waals surface area contributed by atoms with Gasteiger partial charge in [-0.3, -0.25) is 4.84 Å². The number of benzene rings is 1. The summed E-state index contributed by atoms with van der Waals surface area (Å²) in [6.07, 6.45) is 8.70. The summed E-state index contributed by atoms with van der Waals surface area (Å²) >= 11 is 0. The first-order valence-corrected chi connectivity index (χ1v) is 8.41. The number of carboxylic acid groups (broad SMARTS) is 1. The van der Waals surface area contributed by atoms with Crippen LogP contribution in [0.15, 0.2) is 30.3 Å². The van der Waals surface area contributed by atoms with Crippen LogP contribution in [0.25, 0.3) is 0 Å². The van der Waals surface area contributed by atoms with Crippen LogP contribution in [0.3, 0.4) is 0 Å². The fourth-order valence-electron chi connectivity index (χ4n) is 2.33. The van der Waals surface area contributed by atoms with Gasteiger partial charge in [0.05, 0.1) is 13.2 Å². The molecule has 1 N–H and O–H groups in total. The number of unbranched alkanes of at least 4 members (excludes halogenated alkanes) is 7. The van der Waals surface area contributed by atoms with E-state index in [1.165, 1.54) is 38.5 Å². The summed E-state index contributed by atoms with van der Waals surface area (Å²) in [5, 5.41) is 10.2. The van der Waals surface area contributed by atoms with E-state index in [1.807, 2.05) is 30.3 Å². The molecule has 0 unspecified atom stereocenters. The largest absolute Gasteiger partial charge is 0.463 e. The highest BCUT2D eigenvalue weighted by atomic mass is 16.7. The maximum Gasteiger partial charge on any atom is 0.431 e. The van der Waals surface area contributed by atoms with Crippen molar-refractivity contribution in [1.82, 2.24) is 5.06 Å². The Morgan fingerprint density at radius 1 is 1.00 bits per heavy atom. The highest BCUT2D eigenvalue weighted by Gasteiger charge is 2.12. The monoisotopic (exact) mass is 307 g/mol. The third kappa shape index (κ3) is 8.67. The summed E-state index contributed by atoms with van der Waals surface area (Å²) < 4.78 is 0. The molecule has 1 rings (SSSR count). The molecule has 1 aromatic rings. The van der Waals surface area contributed by atoms with Crippen molar-refractivity contribution in [2.24, 2.45) is 0 Å². The van der Waals surface area contributed by atoms with Crippen molar-refractivity contribution in [3.63, 3.8) is 0 Å². The Morgan fingerprint density at radius 3 is 2.18 bits per heavy atom. The molecule has 0 saturated heterocycles. The second-order valence-corrected chi connectivity index (χ2v) is 5.61. The Morgan fingerprint density at radius 2 is 1.59 bits per heavy atom. The molecule has 124 valence electrons. The normalized spacial score (nSPS) is 10.6. The summed E-state index contributed by atoms with van der Waals surface area (Å²) in [5.41, 5.74) is 0.931. The molecule has 4 heteroatoms. The SMILES string of the molecule is CCCCCCCCCCON(Cc1ccccc1)C(=O)O. The molecule has 0 heterocycles. The van der Waals surface area contributed by atoms with Gasteiger partial charge < -0.3 is 5.11 Å². The van der Waals surface area contributed by atoms with Crippen molar-refractivity contribution in [3.8, 4) is 0 Å². The van der Waals surface area contributed by atoms with Crippen molar-refractivity contribution in [2.75, 3.05) is 6.61 Å². The minimum Gasteiger partial charge on any atom is -0.463 e. The van der Waals surface area contributed by atoms with E-state index in [-0.39, 0.29) is 6.54 Å². The number of amides is 1. The highest BCUT2D eigenvalue weighted by molar-refractivity contribution is 5.63. The van der Waals surface area contributed by atoms with E-state index in [0.29, 0.717) is 6.61 Å². The summed E-state index contributed by atoms with van der Waals surface area (Å²) in [6.45, 7) is 2.96. The van der Waals surface area contributed by atoms with E-state index in [0.717, 1.165) is 23.5 Å². The summed E-state index contributed by atoms with van der Waals surface area (Å²) in [7, 11) is 0. The van der Waals surface area contributed by atoms with Gasteiger partial charge in [-0.15, -0.1) is 0 Å². The Balaban J connectivity index is 2.11. The zero-order valence-corrected chi connectivity index (χ0v) is 13.7. The van der Waals surface area contributed by atoms with Gasteiger partial charge in [0.15, 0.2) is 0 Å². The maximum absolute atomic E-state index is 11.2. The average Bonchev–Trinajstić information content (AvgIpc) is 2.53. The molecule has 22 heavy (non-hydrogen) atoms. The lowest BCUT2D eigenvalue weighted by molar-refractivity contribution is -0.138. The quantitative estimate of drug-likeness (QED) is 0.424. The van der Waals surface area contributed by atoms with Crippen molar-refractivity contribution in [2.45, 2.75) is 64.8 Å². The fraction of sp³-hybridized carbons (Fsp3) is 0.611. The standard InChI is InChI=1S/C18H29NO3/c1-2-3-4-5-6-7-8-12-15-22-19(18(20)21)16-17-13-10-9-11-14-17/h9-11,13-14H,2-8,12,15-16H2,1H3,(H,20,21). The first-order valence-electron chi connectivity index (χ1n) is 8.41. The Bertz CT molecular complexity index is 395. The Hall–Kier alpha value is -1.55. The molecule has 0 aliphatic carbocycles. The number of nitrogens with zero attached hydrogens (tertiary/aromatic N) is 1. The molecule has 0 aromatic heterocycles. The second kappa shape index (κ2) is 12.0. The lowest BCUT2D eigenvalue weighted by Gasteiger charge is -2.18. The average molecular weight is 307 g/mol. The summed E-state index contributed by atoms with van der Waals surface area (Å²) in [6, 6.07) is 9.50. The molecule has 1 aromatic carbocycles. The van der Waals surface area contributed by atoms with Gasteiger partial charge in [-0.05, 0) is 12.0 Å². The van der Waals surface area contributed by atoms with Crippen LogP contribution in [0.1, 0.15) is 63.9 Å². The van der Waals surface area contributed by atoms with Crippen LogP contribution >= 0.6 is 0 Å². The predicted octanol–water partition coefficient (Wildman–Crippen LogP) is 5.24. The third-order valence-electron chi connectivity index (χ3n) is 3.63. The molecular formula is C18H29NO3. The van der Waals surface area contributed by atoms with Gasteiger partial charge >= 0.3 is 6.09 Å². The number of hydroxylamine groups is 2. The number of hydrogen-bond acceptors (Lipinski definition) is 2. The Kier molecular flexibility index (Phi) is 10.1. The molecule has 0 aliphatic rings. The van der Waals surface area contributed by atoms with Crippen molar-refractivity contribution < 1.29 is 14.7 Å². The van der Waals surface area contributed by atoms with E-state index in [1.54, 1.807) is 0 Å². The summed E-state index contributed by atoms with van der Waals surface area (Å²) in [5.74, 6) is 0. The zero-order valence-electron chi connectivity index (χ0n) is 13.7. The van der Waals surface area contributed by atoms with E-state index >= 15 is 0 Å². The van der Waals surface area contributed by atoms with Crippen LogP contribution in [-0.4, -0.2) is 22.9 Å². The molecule has 4 nitrogen and oxygen atoms in total. The lowest BCUT2D eigenvalue weighted by Crippen LogP contribution is -2.29. The van der Waals surface area contributed by atoms with Gasteiger partial charge in [0.25, 0.3) is 0 Å². The van der Waals surface area contributed by atoms with Crippen LogP contribution in [0, 0.1) is 0 Å². The molecule has 1 amide bonds. The number of rotatable bonds is 12. The zero-order chi connectivity index (χ0) is 16.0. The van der Waals surface area contributed by atoms with Crippen LogP contribution < -0.4 is 0 Å². The van der Waals surface area contributed by atoms with Crippen LogP contribution in [0.5, 0.6) is 0 Å². The number of hydrogen-bond donors (Lipinski definition) is 1. The minimum atomic E-state index is -1.04. The molecule has 0 aliphatic heterocycles. The molecule has 0 saturated carbocycles. The summed E-state index contributed by atoms with van der Waals surface area (Å²) in [4.78, 5) is 16.6. The minimum absolute atomic E-state index is 0.271. The molecule has 0 atom stereocenters. The van der Waals surface area contributed by atoms with E-state index < -0.39 is 6.09 Å². The van der Waals surface area contributed by atoms with Gasteiger partial charge in [0, 0.05) is 0 Å². The molecule has 0 radical (unpaired) electrons. The molecule has 0 fully saturated rings. The van der Waals surface area contributed by atoms with Crippen LogP contribution in [0.4, 0.5) is 4.79 Å². The van der Waals surface area contributed by atoms with E-state index in [4.69, 9.17) is 9.94 Å².